The van der Waals surface area contributed by atoms with E-state index in [2.05, 4.69) is 16.9 Å². The summed E-state index contributed by atoms with van der Waals surface area (Å²) in [5.41, 5.74) is 5.70. The molecule has 6 nitrogen and oxygen atoms in total. The molecule has 0 bridgehead atoms. The molecule has 0 radical (unpaired) electrons. The molecule has 32 heavy (non-hydrogen) atoms. The number of fused-ring (bicyclic) bond motifs is 1. The molecule has 0 spiro atoms. The van der Waals surface area contributed by atoms with Crippen LogP contribution >= 0.6 is 0 Å². The maximum Gasteiger partial charge on any atom is 0.260 e. The fraction of sp³-hybridized carbons (Fsp3) is 0.154. The van der Waals surface area contributed by atoms with Gasteiger partial charge in [-0.25, -0.2) is 0 Å². The number of carbonyl (C=O) groups excluding carboxylic acids is 1. The summed E-state index contributed by atoms with van der Waals surface area (Å²) in [6.45, 7) is 9.42. The van der Waals surface area contributed by atoms with E-state index in [1.807, 2.05) is 57.3 Å². The summed E-state index contributed by atoms with van der Waals surface area (Å²) in [6.07, 6.45) is 4.83. The first-order chi connectivity index (χ1) is 15.3. The third-order valence-corrected chi connectivity index (χ3v) is 5.55. The van der Waals surface area contributed by atoms with Crippen LogP contribution in [0.15, 0.2) is 66.2 Å². The fourth-order valence-electron chi connectivity index (χ4n) is 3.88. The number of amides is 1. The Labute approximate surface area is 186 Å². The van der Waals surface area contributed by atoms with E-state index in [0.717, 1.165) is 39.1 Å². The molecule has 162 valence electrons. The normalized spacial score (nSPS) is 10.9. The number of benzene rings is 2. The number of nitrogens with zero attached hydrogens (tertiary/aromatic N) is 1. The van der Waals surface area contributed by atoms with Crippen LogP contribution in [0, 0.1) is 20.8 Å². The Hall–Kier alpha value is -4.06. The lowest BCUT2D eigenvalue weighted by molar-refractivity contribution is -0.111. The quantitative estimate of drug-likeness (QED) is 0.420. The number of aryl methyl sites for hydroxylation is 4. The molecule has 2 heterocycles. The van der Waals surface area contributed by atoms with Crippen molar-refractivity contribution in [1.29, 1.82) is 0 Å². The molecular formula is C26H25N3O3. The second-order valence-corrected chi connectivity index (χ2v) is 7.91. The van der Waals surface area contributed by atoms with E-state index >= 15 is 0 Å². The summed E-state index contributed by atoms with van der Waals surface area (Å²) >= 11 is 0. The maximum absolute atomic E-state index is 12.8. The molecule has 0 saturated heterocycles. The van der Waals surface area contributed by atoms with Gasteiger partial charge in [-0.15, -0.1) is 0 Å². The molecule has 0 saturated carbocycles. The zero-order chi connectivity index (χ0) is 23.0. The first-order valence-electron chi connectivity index (χ1n) is 10.3. The van der Waals surface area contributed by atoms with E-state index in [1.165, 1.54) is 6.08 Å². The summed E-state index contributed by atoms with van der Waals surface area (Å²) in [5.74, 6) is 1.09. The third-order valence-electron chi connectivity index (χ3n) is 5.55. The smallest absolute Gasteiger partial charge is 0.260 e. The summed E-state index contributed by atoms with van der Waals surface area (Å²) < 4.78 is 7.97. The molecule has 2 N–H and O–H groups in total. The number of hydrogen-bond acceptors (Lipinski definition) is 3. The molecule has 2 aromatic carbocycles. The van der Waals surface area contributed by atoms with Crippen LogP contribution in [0.1, 0.15) is 16.7 Å². The van der Waals surface area contributed by atoms with Crippen LogP contribution < -0.4 is 15.6 Å². The van der Waals surface area contributed by atoms with E-state index in [4.69, 9.17) is 4.74 Å². The fourth-order valence-corrected chi connectivity index (χ4v) is 3.88. The lowest BCUT2D eigenvalue weighted by Crippen LogP contribution is -2.16. The Morgan fingerprint density at radius 3 is 2.50 bits per heavy atom. The Kier molecular flexibility index (Phi) is 5.45. The highest BCUT2D eigenvalue weighted by atomic mass is 16.5. The van der Waals surface area contributed by atoms with Crippen molar-refractivity contribution in [3.63, 3.8) is 0 Å². The molecule has 0 aliphatic rings. The van der Waals surface area contributed by atoms with Crippen LogP contribution in [0.3, 0.4) is 0 Å². The standard InChI is InChI=1S/C26H25N3O3/c1-6-22(30)28-18-10-11-21(32-25-15(2)8-7-9-16(25)3)19(12-18)20-14-29(5)26(31)23-17(4)13-27-24(20)23/h6-14,27H,1H2,2-5H3,(H,28,30). The van der Waals surface area contributed by atoms with Gasteiger partial charge in [0, 0.05) is 36.3 Å². The van der Waals surface area contributed by atoms with Crippen molar-refractivity contribution in [2.75, 3.05) is 5.32 Å². The highest BCUT2D eigenvalue weighted by Gasteiger charge is 2.18. The average Bonchev–Trinajstić information content (AvgIpc) is 3.16. The maximum atomic E-state index is 12.8. The molecule has 0 fully saturated rings. The molecule has 0 unspecified atom stereocenters. The Morgan fingerprint density at radius 1 is 1.09 bits per heavy atom. The predicted molar refractivity (Wildman–Crippen MR) is 129 cm³/mol. The molecule has 4 aromatic rings. The summed E-state index contributed by atoms with van der Waals surface area (Å²) in [6, 6.07) is 11.4. The van der Waals surface area contributed by atoms with Crippen LogP contribution in [-0.4, -0.2) is 15.5 Å². The van der Waals surface area contributed by atoms with E-state index in [0.29, 0.717) is 16.8 Å². The van der Waals surface area contributed by atoms with Crippen LogP contribution in [0.2, 0.25) is 0 Å². The van der Waals surface area contributed by atoms with Crippen molar-refractivity contribution in [2.45, 2.75) is 20.8 Å². The predicted octanol–water partition coefficient (Wildman–Crippen LogP) is 5.38. The first kappa shape index (κ1) is 21.2. The van der Waals surface area contributed by atoms with Crippen LogP contribution in [0.25, 0.3) is 22.0 Å². The SMILES string of the molecule is C=CC(=O)Nc1ccc(Oc2c(C)cccc2C)c(-c2cn(C)c(=O)c3c(C)c[nH]c23)c1. The zero-order valence-corrected chi connectivity index (χ0v) is 18.6. The van der Waals surface area contributed by atoms with Gasteiger partial charge >= 0.3 is 0 Å². The Bertz CT molecular complexity index is 1410. The molecule has 4 rings (SSSR count). The monoisotopic (exact) mass is 427 g/mol. The number of ether oxygens (including phenoxy) is 1. The van der Waals surface area contributed by atoms with Gasteiger partial charge in [-0.1, -0.05) is 24.8 Å². The van der Waals surface area contributed by atoms with Crippen LogP contribution in [-0.2, 0) is 11.8 Å². The molecular weight excluding hydrogens is 402 g/mol. The molecule has 1 amide bonds. The molecule has 0 atom stereocenters. The number of anilines is 1. The van der Waals surface area contributed by atoms with E-state index < -0.39 is 0 Å². The van der Waals surface area contributed by atoms with E-state index in [-0.39, 0.29) is 11.5 Å². The van der Waals surface area contributed by atoms with Crippen LogP contribution in [0.4, 0.5) is 5.69 Å². The van der Waals surface area contributed by atoms with E-state index in [9.17, 15) is 9.59 Å². The minimum absolute atomic E-state index is 0.0733. The van der Waals surface area contributed by atoms with Gasteiger partial charge in [-0.3, -0.25) is 9.59 Å². The number of rotatable bonds is 5. The minimum Gasteiger partial charge on any atom is -0.456 e. The van der Waals surface area contributed by atoms with Crippen molar-refractivity contribution in [2.24, 2.45) is 7.05 Å². The number of carbonyl (C=O) groups is 1. The van der Waals surface area contributed by atoms with Gasteiger partial charge in [-0.2, -0.15) is 0 Å². The van der Waals surface area contributed by atoms with Gasteiger partial charge in [-0.05, 0) is 61.7 Å². The third kappa shape index (κ3) is 3.71. The van der Waals surface area contributed by atoms with Gasteiger partial charge in [0.2, 0.25) is 5.91 Å². The second-order valence-electron chi connectivity index (χ2n) is 7.91. The summed E-state index contributed by atoms with van der Waals surface area (Å²) in [4.78, 5) is 27.9. The first-order valence-corrected chi connectivity index (χ1v) is 10.3. The van der Waals surface area contributed by atoms with Crippen molar-refractivity contribution in [3.05, 3.63) is 88.5 Å². The van der Waals surface area contributed by atoms with Crippen molar-refractivity contribution in [1.82, 2.24) is 9.55 Å². The van der Waals surface area contributed by atoms with Gasteiger partial charge in [0.05, 0.1) is 10.9 Å². The van der Waals surface area contributed by atoms with Gasteiger partial charge in [0.25, 0.3) is 5.56 Å². The average molecular weight is 428 g/mol. The Morgan fingerprint density at radius 2 is 1.81 bits per heavy atom. The summed E-state index contributed by atoms with van der Waals surface area (Å²) in [5, 5.41) is 3.43. The summed E-state index contributed by atoms with van der Waals surface area (Å²) in [7, 11) is 1.73. The highest BCUT2D eigenvalue weighted by Crippen LogP contribution is 2.39. The van der Waals surface area contributed by atoms with Crippen LogP contribution in [0.5, 0.6) is 11.5 Å². The van der Waals surface area contributed by atoms with Gasteiger partial charge < -0.3 is 19.6 Å². The topological polar surface area (TPSA) is 76.1 Å². The van der Waals surface area contributed by atoms with Crippen molar-refractivity contribution < 1.29 is 9.53 Å². The molecule has 6 heteroatoms. The number of para-hydroxylation sites is 1. The number of aromatic amines is 1. The second kappa shape index (κ2) is 8.23. The number of H-pyrrole nitrogens is 1. The zero-order valence-electron chi connectivity index (χ0n) is 18.6. The number of nitrogens with one attached hydrogen (secondary N) is 2. The van der Waals surface area contributed by atoms with E-state index in [1.54, 1.807) is 23.9 Å². The van der Waals surface area contributed by atoms with Gasteiger partial charge in [0.15, 0.2) is 0 Å². The highest BCUT2D eigenvalue weighted by molar-refractivity contribution is 6.01. The number of hydrogen-bond donors (Lipinski definition) is 2. The number of pyridine rings is 1. The lowest BCUT2D eigenvalue weighted by atomic mass is 10.0. The number of aromatic nitrogens is 2. The largest absolute Gasteiger partial charge is 0.456 e. The molecule has 0 aliphatic heterocycles. The lowest BCUT2D eigenvalue weighted by Gasteiger charge is -2.17. The van der Waals surface area contributed by atoms with Crippen molar-refractivity contribution >= 4 is 22.5 Å². The van der Waals surface area contributed by atoms with Crippen molar-refractivity contribution in [3.8, 4) is 22.6 Å². The molecule has 2 aromatic heterocycles. The minimum atomic E-state index is -0.305. The Balaban J connectivity index is 1.97. The van der Waals surface area contributed by atoms with Gasteiger partial charge in [0.1, 0.15) is 11.5 Å². The molecule has 0 aliphatic carbocycles.